The number of carboxylic acid groups (broad SMARTS) is 1. The Labute approximate surface area is 741 Å². The smallest absolute Gasteiger partial charge is 0.327 e. The molecule has 0 spiro atoms. The number of aliphatic carboxylic acids is 1. The highest BCUT2D eigenvalue weighted by atomic mass is 33.1. The number of benzene rings is 3. The van der Waals surface area contributed by atoms with Gasteiger partial charge in [0, 0.05) is 83.5 Å². The summed E-state index contributed by atoms with van der Waals surface area (Å²) in [4.78, 5) is 196. The third kappa shape index (κ3) is 44.8. The second-order valence-corrected chi connectivity index (χ2v) is 31.8. The largest absolute Gasteiger partial charge is 0.480 e. The van der Waals surface area contributed by atoms with Crippen molar-refractivity contribution in [3.05, 3.63) is 83.9 Å². The number of guanidine groups is 6. The lowest BCUT2D eigenvalue weighted by Crippen LogP contribution is -2.60. The van der Waals surface area contributed by atoms with Gasteiger partial charge in [0.15, 0.2) is 35.8 Å². The number of amides is 13. The molecule has 127 heavy (non-hydrogen) atoms. The van der Waals surface area contributed by atoms with Gasteiger partial charge in [-0.2, -0.15) is 0 Å². The molecule has 48 nitrogen and oxygen atoms in total. The van der Waals surface area contributed by atoms with Crippen LogP contribution in [0.1, 0.15) is 108 Å². The molecular formula is C77H123N31O17S2. The molecule has 3 aromatic rings. The number of nitrogens with one attached hydrogen (secondary N) is 24. The summed E-state index contributed by atoms with van der Waals surface area (Å²) in [6.07, 6.45) is -1.42. The van der Waals surface area contributed by atoms with Crippen LogP contribution in [0, 0.1) is 32.5 Å². The number of carbonyl (C=O) groups is 14. The number of hydrogen-bond donors (Lipinski definition) is 32. The minimum absolute atomic E-state index is 0.0105. The number of ether oxygens (including phenoxy) is 2. The molecule has 3 aromatic carbocycles. The third-order valence-electron chi connectivity index (χ3n) is 18.9. The van der Waals surface area contributed by atoms with Crippen molar-refractivity contribution in [3.8, 4) is 0 Å². The number of carboxylic acids is 1. The van der Waals surface area contributed by atoms with Gasteiger partial charge in [-0.25, -0.2) is 4.79 Å². The van der Waals surface area contributed by atoms with E-state index in [4.69, 9.17) is 82.1 Å². The molecule has 0 bridgehead atoms. The van der Waals surface area contributed by atoms with Crippen LogP contribution in [0.25, 0.3) is 10.8 Å². The van der Waals surface area contributed by atoms with E-state index in [9.17, 15) is 53.1 Å². The molecule has 0 radical (unpaired) electrons. The van der Waals surface area contributed by atoms with Crippen molar-refractivity contribution < 1.29 is 81.7 Å². The van der Waals surface area contributed by atoms with E-state index in [1.54, 1.807) is 42.5 Å². The van der Waals surface area contributed by atoms with Crippen molar-refractivity contribution in [1.82, 2.24) is 95.7 Å². The van der Waals surface area contributed by atoms with Crippen LogP contribution in [0.3, 0.4) is 0 Å². The van der Waals surface area contributed by atoms with Crippen molar-refractivity contribution in [2.75, 3.05) is 83.7 Å². The van der Waals surface area contributed by atoms with Crippen molar-refractivity contribution in [3.63, 3.8) is 0 Å². The van der Waals surface area contributed by atoms with E-state index in [1.165, 1.54) is 6.92 Å². The summed E-state index contributed by atoms with van der Waals surface area (Å²) in [5.74, 6) is -15.5. The number of carbonyl (C=O) groups excluding carboxylic acids is 13. The zero-order chi connectivity index (χ0) is 93.8. The zero-order valence-electron chi connectivity index (χ0n) is 70.6. The van der Waals surface area contributed by atoms with Gasteiger partial charge >= 0.3 is 5.97 Å². The van der Waals surface area contributed by atoms with Crippen LogP contribution in [0.15, 0.2) is 72.8 Å². The molecule has 13 amide bonds. The second kappa shape index (κ2) is 58.8. The molecule has 0 unspecified atom stereocenters. The first-order valence-electron chi connectivity index (χ1n) is 41.0. The Hall–Kier alpha value is -13.3. The molecule has 4 rings (SSSR count). The first-order valence-corrected chi connectivity index (χ1v) is 43.4. The standard InChI is InChI=1S/C77H123N31O17S2/c1-43(109)98-48(17-7-27-92-72(79)80)62(113)100-53(22-12-32-97-77(89)90)67(118)108-58(71(122)123)42-127-126-41-57(61(78)112)99-60(111)40-125-36-35-124-34-33-91-59(110)26-25-54-68(119)106-55(38-44-13-3-2-4-14-44)70(121)107-56(39-45-23-24-46-15-5-6-16-47(46)37-45)69(120)104-52(21-11-31-96-76(87)88)65(116)102-50(19-9-29-94-74(83)84)63(114)101-49(18-8-28-93-73(81)82)64(115)103-51(66(117)105-54)20-10-30-95-75(85)86/h2-6,13-16,23-24,37,48-58H,7-12,17-22,25-36,38-42H2,1H3,(H2,78,112)(H,91,110)(H,98,109)(H,99,111)(H,100,113)(H,101,114)(H,102,116)(H,103,115)(H,104,120)(H,105,117)(H,106,119)(H,107,121)(H,108,118)(H,122,123)(H4,79,80,92)(H4,81,82,93)(H4,83,84,94)(H4,85,86,95)(H4,87,88,96)(H4,89,90,97)/t48-,49-,50+,51+,52-,53-,54-,55+,56-,57-,58+/m0/s1. The first-order chi connectivity index (χ1) is 60.5. The van der Waals surface area contributed by atoms with E-state index >= 15 is 19.2 Å². The van der Waals surface area contributed by atoms with E-state index < -0.39 is 193 Å². The summed E-state index contributed by atoms with van der Waals surface area (Å²) in [6.45, 7) is 0.362. The summed E-state index contributed by atoms with van der Waals surface area (Å²) in [6, 6.07) is 4.98. The van der Waals surface area contributed by atoms with Gasteiger partial charge < -0.3 is 150 Å². The van der Waals surface area contributed by atoms with E-state index in [0.29, 0.717) is 11.1 Å². The molecule has 1 heterocycles. The Morgan fingerprint density at radius 1 is 0.386 bits per heavy atom. The summed E-state index contributed by atoms with van der Waals surface area (Å²) >= 11 is 0. The SMILES string of the molecule is CC(=O)N[C@@H](CCCNC(=N)N)C(=O)N[C@@H](CCCNC(=N)N)C(=O)N[C@H](CSSC[C@H](NC(=O)COCCOCCNC(=O)CC[C@@H]1NC(=O)[C@@H](CCCNC(=N)N)NC(=O)[C@H](CCCNC(=N)N)NC(=O)[C@@H](CCCNC(=N)N)NC(=O)[C@H](CCCNC(=N)N)NC(=O)[C@H](Cc2ccc3ccccc3c2)NC(=O)[C@@H](Cc2ccccc2)NC1=O)C(N)=O)C(=O)O. The van der Waals surface area contributed by atoms with Crippen LogP contribution in [-0.4, -0.2) is 274 Å². The van der Waals surface area contributed by atoms with Crippen molar-refractivity contribution in [2.45, 2.75) is 176 Å². The fourth-order valence-electron chi connectivity index (χ4n) is 12.5. The summed E-state index contributed by atoms with van der Waals surface area (Å²) in [7, 11) is 1.84. The predicted molar refractivity (Wildman–Crippen MR) is 475 cm³/mol. The van der Waals surface area contributed by atoms with Crippen LogP contribution in [0.4, 0.5) is 0 Å². The summed E-state index contributed by atoms with van der Waals surface area (Å²) in [5.41, 5.74) is 39.7. The van der Waals surface area contributed by atoms with Crippen LogP contribution in [0.2, 0.25) is 0 Å². The highest BCUT2D eigenvalue weighted by Gasteiger charge is 2.38. The fraction of sp³-hybridized carbons (Fsp3) is 0.532. The van der Waals surface area contributed by atoms with E-state index in [2.05, 4.69) is 95.7 Å². The molecule has 39 N–H and O–H groups in total. The van der Waals surface area contributed by atoms with Crippen molar-refractivity contribution in [1.29, 1.82) is 32.5 Å². The summed E-state index contributed by atoms with van der Waals surface area (Å²) < 4.78 is 11.1. The first kappa shape index (κ1) is 106. The third-order valence-corrected chi connectivity index (χ3v) is 21.3. The van der Waals surface area contributed by atoms with Gasteiger partial charge in [0.1, 0.15) is 73.1 Å². The lowest BCUT2D eigenvalue weighted by atomic mass is 9.99. The minimum Gasteiger partial charge on any atom is -0.480 e. The number of fused-ring (bicyclic) bond motifs is 1. The fourth-order valence-corrected chi connectivity index (χ4v) is 14.8. The lowest BCUT2D eigenvalue weighted by Gasteiger charge is -2.28. The average Bonchev–Trinajstić information content (AvgIpc) is 1.24. The van der Waals surface area contributed by atoms with Gasteiger partial charge in [0.25, 0.3) is 0 Å². The topological polar surface area (TPSA) is 819 Å². The van der Waals surface area contributed by atoms with Crippen LogP contribution in [0.5, 0.6) is 0 Å². The van der Waals surface area contributed by atoms with Gasteiger partial charge in [-0.1, -0.05) is 94.4 Å². The highest BCUT2D eigenvalue weighted by molar-refractivity contribution is 8.76. The molecule has 50 heteroatoms. The lowest BCUT2D eigenvalue weighted by molar-refractivity contribution is -0.141. The van der Waals surface area contributed by atoms with Crippen molar-refractivity contribution >= 4 is 151 Å². The number of primary amides is 1. The van der Waals surface area contributed by atoms with Crippen LogP contribution < -0.4 is 136 Å². The molecule has 11 atom stereocenters. The van der Waals surface area contributed by atoms with Gasteiger partial charge in [0.2, 0.25) is 76.8 Å². The number of rotatable bonds is 52. The Morgan fingerprint density at radius 2 is 0.748 bits per heavy atom. The Kier molecular flexibility index (Phi) is 49.1. The normalized spacial score (nSPS) is 18.0. The van der Waals surface area contributed by atoms with Crippen LogP contribution >= 0.6 is 21.6 Å². The van der Waals surface area contributed by atoms with Crippen LogP contribution in [-0.2, 0) is 89.4 Å². The molecule has 700 valence electrons. The molecule has 1 saturated heterocycles. The quantitative estimate of drug-likeness (QED) is 0.0108. The molecule has 1 fully saturated rings. The maximum absolute atomic E-state index is 15.3. The minimum atomic E-state index is -1.70. The zero-order valence-corrected chi connectivity index (χ0v) is 72.3. The van der Waals surface area contributed by atoms with Gasteiger partial charge in [-0.05, 0) is 105 Å². The molecule has 1 aliphatic rings. The van der Waals surface area contributed by atoms with Gasteiger partial charge in [-0.3, -0.25) is 94.8 Å². The van der Waals surface area contributed by atoms with Gasteiger partial charge in [0.05, 0.1) is 19.8 Å². The molecular weight excluding hydrogens is 1700 g/mol. The molecule has 1 aliphatic heterocycles. The van der Waals surface area contributed by atoms with E-state index in [-0.39, 0.29) is 179 Å². The maximum Gasteiger partial charge on any atom is 0.327 e. The highest BCUT2D eigenvalue weighted by Crippen LogP contribution is 2.24. The molecule has 0 saturated carbocycles. The maximum atomic E-state index is 15.3. The van der Waals surface area contributed by atoms with Crippen molar-refractivity contribution in [2.24, 2.45) is 40.1 Å². The molecule has 0 aliphatic carbocycles. The number of hydrogen-bond acceptors (Lipinski definition) is 24. The summed E-state index contributed by atoms with van der Waals surface area (Å²) in [5, 5.41) is 105. The second-order valence-electron chi connectivity index (χ2n) is 29.3. The monoisotopic (exact) mass is 1820 g/mol. The van der Waals surface area contributed by atoms with E-state index in [1.807, 2.05) is 30.3 Å². The predicted octanol–water partition coefficient (Wildman–Crippen LogP) is -7.55. The van der Waals surface area contributed by atoms with E-state index in [0.717, 1.165) is 32.4 Å². The number of nitrogens with two attached hydrogens (primary N) is 7. The Morgan fingerprint density at radius 3 is 1.17 bits per heavy atom. The molecule has 0 aromatic heterocycles. The average molecular weight is 1820 g/mol. The Balaban J connectivity index is 1.57. The van der Waals surface area contributed by atoms with Gasteiger partial charge in [-0.15, -0.1) is 0 Å². The Bertz CT molecular complexity index is 4240.